The molecule has 3 N–H and O–H groups in total. The summed E-state index contributed by atoms with van der Waals surface area (Å²) in [5.41, 5.74) is 7.84. The fraction of sp³-hybridized carbons (Fsp3) is 0.235. The van der Waals surface area contributed by atoms with Gasteiger partial charge in [-0.1, -0.05) is 19.1 Å². The molecule has 1 atom stereocenters. The van der Waals surface area contributed by atoms with E-state index in [-0.39, 0.29) is 23.1 Å². The van der Waals surface area contributed by atoms with Gasteiger partial charge in [-0.3, -0.25) is 4.98 Å². The second-order valence-corrected chi connectivity index (χ2v) is 5.93. The second kappa shape index (κ2) is 5.77. The Hall–Kier alpha value is -2.64. The molecule has 0 saturated heterocycles. The number of rotatable bonds is 1. The van der Waals surface area contributed by atoms with E-state index >= 15 is 0 Å². The highest BCUT2D eigenvalue weighted by molar-refractivity contribution is 5.66. The lowest BCUT2D eigenvalue weighted by Gasteiger charge is -2.31. The normalized spacial score (nSPS) is 19.0. The molecule has 2 aromatic rings. The van der Waals surface area contributed by atoms with Crippen LogP contribution in [-0.2, 0) is 6.42 Å². The molecule has 0 aliphatic carbocycles. The highest BCUT2D eigenvalue weighted by Crippen LogP contribution is 2.42. The molecule has 0 spiro atoms. The van der Waals surface area contributed by atoms with Crippen LogP contribution in [0.1, 0.15) is 18.2 Å². The van der Waals surface area contributed by atoms with Crippen molar-refractivity contribution >= 4 is 11.4 Å². The summed E-state index contributed by atoms with van der Waals surface area (Å²) in [5, 5.41) is 13.5. The molecule has 2 aliphatic heterocycles. The molecule has 6 nitrogen and oxygen atoms in total. The summed E-state index contributed by atoms with van der Waals surface area (Å²) in [7, 11) is 0. The van der Waals surface area contributed by atoms with Crippen LogP contribution >= 0.6 is 0 Å². The summed E-state index contributed by atoms with van der Waals surface area (Å²) in [6, 6.07) is 8.68. The Balaban J connectivity index is 0.00000169. The van der Waals surface area contributed by atoms with Crippen LogP contribution in [0.5, 0.6) is 0 Å². The van der Waals surface area contributed by atoms with Crippen molar-refractivity contribution in [1.29, 1.82) is 0 Å². The van der Waals surface area contributed by atoms with Crippen LogP contribution in [0.3, 0.4) is 0 Å². The van der Waals surface area contributed by atoms with E-state index in [0.717, 1.165) is 11.3 Å². The number of benzene rings is 1. The number of para-hydroxylation sites is 1. The maximum absolute atomic E-state index is 14.3. The van der Waals surface area contributed by atoms with Crippen molar-refractivity contribution in [3.05, 3.63) is 65.2 Å². The van der Waals surface area contributed by atoms with Crippen molar-refractivity contribution in [2.45, 2.75) is 20.3 Å². The zero-order valence-electron chi connectivity index (χ0n) is 13.4. The van der Waals surface area contributed by atoms with E-state index in [9.17, 15) is 9.50 Å². The summed E-state index contributed by atoms with van der Waals surface area (Å²) in [6.07, 6.45) is 2.31. The predicted octanol–water partition coefficient (Wildman–Crippen LogP) is 2.38. The zero-order chi connectivity index (χ0) is 16.1. The molecule has 24 heavy (non-hydrogen) atoms. The molecule has 2 aliphatic rings. The largest absolute Gasteiger partial charge is 0.492 e. The number of fused-ring (bicyclic) bond motifs is 3. The first-order valence-electron chi connectivity index (χ1n) is 7.51. The SMILES string of the molecule is Cc1ccc(N2[N]N3C(=C2O)C(C)Cc2cccc(F)c23)cn1.O. The van der Waals surface area contributed by atoms with Crippen molar-refractivity contribution < 1.29 is 15.0 Å². The Bertz CT molecular complexity index is 807. The molecule has 4 rings (SSSR count). The average molecular weight is 329 g/mol. The Morgan fingerprint density at radius 1 is 1.21 bits per heavy atom. The van der Waals surface area contributed by atoms with Gasteiger partial charge in [-0.25, -0.2) is 14.4 Å². The molecule has 1 radical (unpaired) electrons. The van der Waals surface area contributed by atoms with Gasteiger partial charge in [0.25, 0.3) is 0 Å². The summed E-state index contributed by atoms with van der Waals surface area (Å²) >= 11 is 0. The number of allylic oxidation sites excluding steroid dienone is 1. The van der Waals surface area contributed by atoms with Crippen LogP contribution in [0.4, 0.5) is 15.8 Å². The van der Waals surface area contributed by atoms with Crippen LogP contribution < -0.4 is 15.6 Å². The molecule has 1 aromatic carbocycles. The van der Waals surface area contributed by atoms with Gasteiger partial charge in [-0.15, -0.1) is 0 Å². The standard InChI is InChI=1S/C17H16FN4O.H2O/c1-10-8-12-4-3-5-14(18)16(12)22-15(10)17(23)21(20-22)13-7-6-11(2)19-9-13;/h3-7,9-10,23H,8H2,1-2H3;1H2. The number of aliphatic hydroxyl groups is 1. The minimum absolute atomic E-state index is 0. The Morgan fingerprint density at radius 2 is 2.00 bits per heavy atom. The lowest BCUT2D eigenvalue weighted by atomic mass is 9.92. The minimum Gasteiger partial charge on any atom is -0.492 e. The van der Waals surface area contributed by atoms with E-state index in [1.807, 2.05) is 32.0 Å². The summed E-state index contributed by atoms with van der Waals surface area (Å²) in [5.74, 6) is -0.277. The first-order valence-corrected chi connectivity index (χ1v) is 7.51. The van der Waals surface area contributed by atoms with Crippen molar-refractivity contribution in [2.24, 2.45) is 5.92 Å². The minimum atomic E-state index is -0.340. The number of aromatic nitrogens is 1. The molecule has 7 heteroatoms. The molecule has 0 fully saturated rings. The first-order chi connectivity index (χ1) is 11.1. The van der Waals surface area contributed by atoms with E-state index in [1.165, 1.54) is 16.1 Å². The fourth-order valence-corrected chi connectivity index (χ4v) is 3.13. The number of nitrogens with zero attached hydrogens (tertiary/aromatic N) is 4. The third-order valence-electron chi connectivity index (χ3n) is 4.25. The van der Waals surface area contributed by atoms with Gasteiger partial charge in [0.2, 0.25) is 5.88 Å². The first kappa shape index (κ1) is 16.2. The van der Waals surface area contributed by atoms with E-state index < -0.39 is 0 Å². The number of pyridine rings is 1. The number of aliphatic hydroxyl groups excluding tert-OH is 1. The molecule has 1 aromatic heterocycles. The molecular formula is C17H18FN4O2. The van der Waals surface area contributed by atoms with E-state index in [1.54, 1.807) is 12.3 Å². The smallest absolute Gasteiger partial charge is 0.231 e. The summed E-state index contributed by atoms with van der Waals surface area (Å²) in [6.45, 7) is 3.89. The van der Waals surface area contributed by atoms with Crippen molar-refractivity contribution in [1.82, 2.24) is 10.5 Å². The van der Waals surface area contributed by atoms with Crippen molar-refractivity contribution in [3.8, 4) is 0 Å². The quantitative estimate of drug-likeness (QED) is 0.870. The number of halogens is 1. The van der Waals surface area contributed by atoms with Gasteiger partial charge in [0.1, 0.15) is 17.2 Å². The van der Waals surface area contributed by atoms with Gasteiger partial charge in [0, 0.05) is 11.6 Å². The Morgan fingerprint density at radius 3 is 2.71 bits per heavy atom. The number of aryl methyl sites for hydroxylation is 1. The number of hydrogen-bond acceptors (Lipinski definition) is 4. The van der Waals surface area contributed by atoms with E-state index in [0.29, 0.717) is 23.5 Å². The molecule has 0 bridgehead atoms. The monoisotopic (exact) mass is 329 g/mol. The molecule has 0 amide bonds. The highest BCUT2D eigenvalue weighted by atomic mass is 19.1. The lowest BCUT2D eigenvalue weighted by molar-refractivity contribution is 0.381. The van der Waals surface area contributed by atoms with Crippen molar-refractivity contribution in [3.63, 3.8) is 0 Å². The van der Waals surface area contributed by atoms with Crippen LogP contribution in [0, 0.1) is 18.7 Å². The predicted molar refractivity (Wildman–Crippen MR) is 88.6 cm³/mol. The number of hydrogen-bond donors (Lipinski definition) is 1. The topological polar surface area (TPSA) is 85.2 Å². The lowest BCUT2D eigenvalue weighted by Crippen LogP contribution is -2.38. The zero-order valence-corrected chi connectivity index (χ0v) is 13.4. The number of anilines is 2. The van der Waals surface area contributed by atoms with Gasteiger partial charge in [0.15, 0.2) is 0 Å². The molecule has 3 heterocycles. The molecule has 1 unspecified atom stereocenters. The van der Waals surface area contributed by atoms with Crippen LogP contribution in [-0.4, -0.2) is 15.6 Å². The fourth-order valence-electron chi connectivity index (χ4n) is 3.13. The van der Waals surface area contributed by atoms with E-state index in [2.05, 4.69) is 10.5 Å². The third kappa shape index (κ3) is 2.29. The maximum Gasteiger partial charge on any atom is 0.231 e. The second-order valence-electron chi connectivity index (χ2n) is 5.93. The summed E-state index contributed by atoms with van der Waals surface area (Å²) < 4.78 is 14.3. The molecular weight excluding hydrogens is 311 g/mol. The summed E-state index contributed by atoms with van der Waals surface area (Å²) in [4.78, 5) is 4.23. The molecule has 125 valence electrons. The Labute approximate surface area is 139 Å². The van der Waals surface area contributed by atoms with Gasteiger partial charge in [-0.05, 0) is 42.6 Å². The average Bonchev–Trinajstić information content (AvgIpc) is 2.86. The van der Waals surface area contributed by atoms with Crippen LogP contribution in [0.25, 0.3) is 0 Å². The van der Waals surface area contributed by atoms with E-state index in [4.69, 9.17) is 0 Å². The van der Waals surface area contributed by atoms with Gasteiger partial charge in [0.05, 0.1) is 11.9 Å². The van der Waals surface area contributed by atoms with Crippen LogP contribution in [0.15, 0.2) is 48.1 Å². The van der Waals surface area contributed by atoms with Gasteiger partial charge in [-0.2, -0.15) is 0 Å². The Kier molecular flexibility index (Phi) is 3.90. The van der Waals surface area contributed by atoms with Crippen LogP contribution in [0.2, 0.25) is 0 Å². The van der Waals surface area contributed by atoms with Gasteiger partial charge < -0.3 is 10.6 Å². The van der Waals surface area contributed by atoms with Gasteiger partial charge >= 0.3 is 0 Å². The highest BCUT2D eigenvalue weighted by Gasteiger charge is 2.41. The third-order valence-corrected chi connectivity index (χ3v) is 4.25. The molecule has 0 saturated carbocycles. The van der Waals surface area contributed by atoms with Crippen molar-refractivity contribution in [2.75, 3.05) is 10.0 Å². The maximum atomic E-state index is 14.3.